The molecule has 208 valence electrons. The zero-order valence-electron chi connectivity index (χ0n) is 21.7. The molecule has 1 aliphatic heterocycles. The van der Waals surface area contributed by atoms with Gasteiger partial charge in [-0.3, -0.25) is 10.0 Å². The number of rotatable bonds is 6. The van der Waals surface area contributed by atoms with E-state index in [-0.39, 0.29) is 25.3 Å². The van der Waals surface area contributed by atoms with Gasteiger partial charge in [0.1, 0.15) is 4.75 Å². The first kappa shape index (κ1) is 27.6. The highest BCUT2D eigenvalue weighted by molar-refractivity contribution is 7.92. The number of nitrogens with one attached hydrogen (secondary N) is 2. The lowest BCUT2D eigenvalue weighted by Crippen LogP contribution is -2.41. The molecule has 1 atom stereocenters. The molecule has 0 radical (unpaired) electrons. The van der Waals surface area contributed by atoms with Crippen molar-refractivity contribution >= 4 is 38.8 Å². The third-order valence-electron chi connectivity index (χ3n) is 7.20. The van der Waals surface area contributed by atoms with Crippen molar-refractivity contribution in [3.8, 4) is 21.8 Å². The van der Waals surface area contributed by atoms with Crippen molar-refractivity contribution in [1.82, 2.24) is 15.4 Å². The van der Waals surface area contributed by atoms with Crippen molar-refractivity contribution in [2.75, 3.05) is 24.2 Å². The summed E-state index contributed by atoms with van der Waals surface area (Å²) in [4.78, 5) is 32.2. The van der Waals surface area contributed by atoms with Crippen LogP contribution in [0, 0.1) is 6.92 Å². The van der Waals surface area contributed by atoms with Crippen molar-refractivity contribution < 1.29 is 27.6 Å². The quantitative estimate of drug-likeness (QED) is 0.219. The van der Waals surface area contributed by atoms with Gasteiger partial charge in [-0.05, 0) is 42.7 Å². The van der Waals surface area contributed by atoms with Gasteiger partial charge in [0.25, 0.3) is 0 Å². The molecule has 1 fully saturated rings. The van der Waals surface area contributed by atoms with Gasteiger partial charge in [-0.2, -0.15) is 0 Å². The fraction of sp³-hybridized carbons (Fsp3) is 0.250. The van der Waals surface area contributed by atoms with Gasteiger partial charge in [-0.25, -0.2) is 23.7 Å². The highest BCUT2D eigenvalue weighted by atomic mass is 32.2. The number of hydroxylamine groups is 1. The third kappa shape index (κ3) is 5.37. The molecule has 2 aromatic carbocycles. The molecule has 3 amide bonds. The van der Waals surface area contributed by atoms with Gasteiger partial charge in [-0.15, -0.1) is 11.3 Å². The van der Waals surface area contributed by atoms with Crippen LogP contribution in [0.4, 0.5) is 10.5 Å². The largest absolute Gasteiger partial charge is 0.444 e. The Morgan fingerprint density at radius 1 is 1.07 bits per heavy atom. The Bertz CT molecular complexity index is 1620. The van der Waals surface area contributed by atoms with Crippen LogP contribution in [-0.2, 0) is 19.4 Å². The Morgan fingerprint density at radius 2 is 1.82 bits per heavy atom. The molecule has 4 aromatic rings. The summed E-state index contributed by atoms with van der Waals surface area (Å²) in [6.45, 7) is 1.95. The number of oxazole rings is 1. The molecular formula is C28H28N4O6S2. The summed E-state index contributed by atoms with van der Waals surface area (Å²) in [7, 11) is -3.94. The normalized spacial score (nSPS) is 18.6. The van der Waals surface area contributed by atoms with E-state index in [1.165, 1.54) is 22.6 Å². The second kappa shape index (κ2) is 11.2. The molecule has 1 saturated heterocycles. The monoisotopic (exact) mass is 580 g/mol. The van der Waals surface area contributed by atoms with E-state index in [2.05, 4.69) is 10.3 Å². The van der Waals surface area contributed by atoms with Gasteiger partial charge in [0.2, 0.25) is 5.91 Å². The second-order valence-electron chi connectivity index (χ2n) is 9.61. The lowest BCUT2D eigenvalue weighted by atomic mass is 9.97. The Morgan fingerprint density at radius 3 is 2.52 bits per heavy atom. The van der Waals surface area contributed by atoms with Crippen molar-refractivity contribution in [3.63, 3.8) is 0 Å². The fourth-order valence-corrected chi connectivity index (χ4v) is 8.48. The number of aromatic nitrogens is 1. The number of nitrogens with zero attached hydrogens (tertiary/aromatic N) is 2. The molecule has 0 aliphatic carbocycles. The van der Waals surface area contributed by atoms with Crippen LogP contribution in [0.5, 0.6) is 0 Å². The summed E-state index contributed by atoms with van der Waals surface area (Å²) in [5, 5.41) is 12.2. The highest BCUT2D eigenvalue weighted by Crippen LogP contribution is 2.45. The van der Waals surface area contributed by atoms with Crippen molar-refractivity contribution in [3.05, 3.63) is 83.7 Å². The predicted molar refractivity (Wildman–Crippen MR) is 152 cm³/mol. The van der Waals surface area contributed by atoms with Crippen molar-refractivity contribution in [2.45, 2.75) is 24.5 Å². The standard InChI is InChI=1S/C28H28N4O6S2/c1-19-4-2-3-5-22(19)30-27(34)32-13-12-28(16-26(33)31-35,40(36,37)15-14-32)25-11-10-24(39-25)21-8-6-20(7-9-21)23-17-29-18-38-23/h2-11,17-18,35H,12-16H2,1H3,(H,30,34)(H,31,33). The van der Waals surface area contributed by atoms with Gasteiger partial charge >= 0.3 is 6.03 Å². The Kier molecular flexibility index (Phi) is 7.74. The SMILES string of the molecule is Cc1ccccc1NC(=O)N1CCC(CC(=O)NO)(c2ccc(-c3ccc(-c4cnco4)cc3)s2)S(=O)(=O)CC1. The summed E-state index contributed by atoms with van der Waals surface area (Å²) in [6.07, 6.45) is 2.50. The van der Waals surface area contributed by atoms with E-state index < -0.39 is 32.9 Å². The Hall–Kier alpha value is -4.00. The van der Waals surface area contributed by atoms with E-state index in [9.17, 15) is 23.2 Å². The molecule has 5 rings (SSSR count). The van der Waals surface area contributed by atoms with Crippen LogP contribution in [0.2, 0.25) is 0 Å². The minimum absolute atomic E-state index is 0.00563. The topological polar surface area (TPSA) is 142 Å². The maximum atomic E-state index is 13.8. The number of hydrogen-bond acceptors (Lipinski definition) is 8. The minimum Gasteiger partial charge on any atom is -0.444 e. The molecule has 1 unspecified atom stereocenters. The number of hydrogen-bond donors (Lipinski definition) is 3. The Balaban J connectivity index is 1.44. The van der Waals surface area contributed by atoms with Crippen LogP contribution in [-0.4, -0.2) is 54.3 Å². The van der Waals surface area contributed by atoms with Crippen molar-refractivity contribution in [1.29, 1.82) is 0 Å². The van der Waals surface area contributed by atoms with Crippen LogP contribution >= 0.6 is 11.3 Å². The number of urea groups is 1. The summed E-state index contributed by atoms with van der Waals surface area (Å²) < 4.78 is 31.4. The maximum Gasteiger partial charge on any atom is 0.321 e. The number of sulfone groups is 1. The van der Waals surface area contributed by atoms with E-state index in [0.717, 1.165) is 21.6 Å². The molecule has 40 heavy (non-hydrogen) atoms. The van der Waals surface area contributed by atoms with E-state index >= 15 is 0 Å². The molecule has 3 heterocycles. The lowest BCUT2D eigenvalue weighted by molar-refractivity contribution is -0.129. The molecule has 1 aliphatic rings. The summed E-state index contributed by atoms with van der Waals surface area (Å²) in [5.74, 6) is -0.507. The highest BCUT2D eigenvalue weighted by Gasteiger charge is 2.50. The first-order chi connectivity index (χ1) is 19.2. The smallest absolute Gasteiger partial charge is 0.321 e. The van der Waals surface area contributed by atoms with Crippen LogP contribution in [0.1, 0.15) is 23.3 Å². The molecule has 12 heteroatoms. The predicted octanol–water partition coefficient (Wildman–Crippen LogP) is 4.82. The number of thiophene rings is 1. The van der Waals surface area contributed by atoms with Gasteiger partial charge in [0.15, 0.2) is 22.0 Å². The van der Waals surface area contributed by atoms with Crippen LogP contribution in [0.3, 0.4) is 0 Å². The van der Waals surface area contributed by atoms with Gasteiger partial charge < -0.3 is 14.6 Å². The van der Waals surface area contributed by atoms with E-state index in [4.69, 9.17) is 4.42 Å². The van der Waals surface area contributed by atoms with Crippen LogP contribution in [0.15, 0.2) is 77.7 Å². The molecule has 10 nitrogen and oxygen atoms in total. The molecule has 0 bridgehead atoms. The first-order valence-electron chi connectivity index (χ1n) is 12.6. The number of anilines is 1. The number of amides is 3. The van der Waals surface area contributed by atoms with Gasteiger partial charge in [0.05, 0.1) is 18.4 Å². The molecular weight excluding hydrogens is 552 g/mol. The van der Waals surface area contributed by atoms with Crippen LogP contribution < -0.4 is 10.8 Å². The average molecular weight is 581 g/mol. The van der Waals surface area contributed by atoms with Gasteiger partial charge in [0, 0.05) is 34.1 Å². The minimum atomic E-state index is -3.94. The summed E-state index contributed by atoms with van der Waals surface area (Å²) in [5.41, 5.74) is 4.83. The van der Waals surface area contributed by atoms with Gasteiger partial charge in [-0.1, -0.05) is 42.5 Å². The average Bonchev–Trinajstić information content (AvgIpc) is 3.64. The van der Waals surface area contributed by atoms with E-state index in [1.807, 2.05) is 55.5 Å². The second-order valence-corrected chi connectivity index (χ2v) is 13.1. The molecule has 3 N–H and O–H groups in total. The maximum absolute atomic E-state index is 13.8. The number of para-hydroxylation sites is 1. The zero-order valence-corrected chi connectivity index (χ0v) is 23.3. The number of carbonyl (C=O) groups is 2. The van der Waals surface area contributed by atoms with Crippen molar-refractivity contribution in [2.24, 2.45) is 0 Å². The van der Waals surface area contributed by atoms with E-state index in [1.54, 1.807) is 23.8 Å². The number of aryl methyl sites for hydroxylation is 1. The third-order valence-corrected chi connectivity index (χ3v) is 11.1. The van der Waals surface area contributed by atoms with Crippen LogP contribution in [0.25, 0.3) is 21.8 Å². The fourth-order valence-electron chi connectivity index (χ4n) is 4.87. The number of benzene rings is 2. The molecule has 0 saturated carbocycles. The summed E-state index contributed by atoms with van der Waals surface area (Å²) in [6, 6.07) is 18.0. The van der Waals surface area contributed by atoms with E-state index in [0.29, 0.717) is 16.3 Å². The number of carbonyl (C=O) groups excluding carboxylic acids is 2. The zero-order chi connectivity index (χ0) is 28.3. The summed E-state index contributed by atoms with van der Waals surface area (Å²) >= 11 is 1.28. The molecule has 2 aromatic heterocycles. The Labute approximate surface area is 235 Å². The molecule has 0 spiro atoms. The first-order valence-corrected chi connectivity index (χ1v) is 15.1. The lowest BCUT2D eigenvalue weighted by Gasteiger charge is -2.30.